The largest absolute Gasteiger partial charge is 0.312 e. The van der Waals surface area contributed by atoms with Gasteiger partial charge < -0.3 is 0 Å². The molecule has 0 bridgehead atoms. The number of halogens is 1. The molecule has 88 valence electrons. The molecule has 0 aromatic carbocycles. The van der Waals surface area contributed by atoms with E-state index in [9.17, 15) is 10.1 Å². The highest BCUT2D eigenvalue weighted by Gasteiger charge is 2.19. The first kappa shape index (κ1) is 11.7. The van der Waals surface area contributed by atoms with E-state index in [1.54, 1.807) is 10.7 Å². The molecular weight excluding hydrogens is 288 g/mol. The third kappa shape index (κ3) is 1.93. The lowest BCUT2D eigenvalue weighted by atomic mass is 10.3. The van der Waals surface area contributed by atoms with Crippen molar-refractivity contribution >= 4 is 21.6 Å². The summed E-state index contributed by atoms with van der Waals surface area (Å²) in [5.41, 5.74) is 1.95. The van der Waals surface area contributed by atoms with Gasteiger partial charge in [-0.05, 0) is 35.8 Å². The Bertz CT molecular complexity index is 594. The summed E-state index contributed by atoms with van der Waals surface area (Å²) >= 11 is 3.39. The summed E-state index contributed by atoms with van der Waals surface area (Å²) < 4.78 is 2.39. The van der Waals surface area contributed by atoms with Gasteiger partial charge in [-0.15, -0.1) is 0 Å². The average molecular weight is 297 g/mol. The van der Waals surface area contributed by atoms with Crippen molar-refractivity contribution in [3.05, 3.63) is 44.4 Å². The predicted octanol–water partition coefficient (Wildman–Crippen LogP) is 2.55. The van der Waals surface area contributed by atoms with Crippen molar-refractivity contribution < 1.29 is 4.92 Å². The molecular formula is C10H9BrN4O2. The lowest BCUT2D eigenvalue weighted by Gasteiger charge is -2.04. The van der Waals surface area contributed by atoms with Crippen molar-refractivity contribution in [2.24, 2.45) is 0 Å². The van der Waals surface area contributed by atoms with Gasteiger partial charge in [0, 0.05) is 6.20 Å². The van der Waals surface area contributed by atoms with E-state index in [4.69, 9.17) is 0 Å². The Balaban J connectivity index is 2.68. The first-order chi connectivity index (χ1) is 8.02. The maximum atomic E-state index is 10.9. The Morgan fingerprint density at radius 1 is 1.47 bits per heavy atom. The van der Waals surface area contributed by atoms with E-state index in [-0.39, 0.29) is 5.69 Å². The van der Waals surface area contributed by atoms with Crippen LogP contribution in [0.2, 0.25) is 0 Å². The predicted molar refractivity (Wildman–Crippen MR) is 65.2 cm³/mol. The zero-order valence-electron chi connectivity index (χ0n) is 9.22. The summed E-state index contributed by atoms with van der Waals surface area (Å²) in [6.45, 7) is 3.68. The van der Waals surface area contributed by atoms with E-state index >= 15 is 0 Å². The minimum Gasteiger partial charge on any atom is -0.258 e. The van der Waals surface area contributed by atoms with E-state index in [0.29, 0.717) is 5.69 Å². The first-order valence-electron chi connectivity index (χ1n) is 4.83. The molecule has 0 aliphatic carbocycles. The minimum atomic E-state index is -0.466. The van der Waals surface area contributed by atoms with Crippen LogP contribution in [0.5, 0.6) is 0 Å². The molecule has 7 heteroatoms. The number of rotatable bonds is 2. The van der Waals surface area contributed by atoms with Gasteiger partial charge in [0.1, 0.15) is 11.9 Å². The van der Waals surface area contributed by atoms with Crippen LogP contribution in [0.4, 0.5) is 5.69 Å². The van der Waals surface area contributed by atoms with Gasteiger partial charge >= 0.3 is 5.69 Å². The molecule has 0 unspecified atom stereocenters. The topological polar surface area (TPSA) is 73.8 Å². The Morgan fingerprint density at radius 3 is 2.71 bits per heavy atom. The van der Waals surface area contributed by atoms with Gasteiger partial charge in [-0.3, -0.25) is 15.1 Å². The van der Waals surface area contributed by atoms with Crippen molar-refractivity contribution in [2.45, 2.75) is 13.8 Å². The van der Waals surface area contributed by atoms with Crippen LogP contribution in [-0.2, 0) is 0 Å². The van der Waals surface area contributed by atoms with Gasteiger partial charge in [0.25, 0.3) is 0 Å². The second kappa shape index (κ2) is 4.25. The standard InChI is InChI=1S/C10H9BrN4O2/c1-6-10(11)7(2)14(13-6)8-3-4-12-5-9(8)15(16)17/h3-5H,1-2H3. The molecule has 0 spiro atoms. The van der Waals surface area contributed by atoms with E-state index in [2.05, 4.69) is 26.0 Å². The number of pyridine rings is 1. The van der Waals surface area contributed by atoms with Gasteiger partial charge in [-0.25, -0.2) is 4.68 Å². The molecule has 2 aromatic rings. The van der Waals surface area contributed by atoms with Crippen LogP contribution in [-0.4, -0.2) is 19.7 Å². The van der Waals surface area contributed by atoms with Crippen molar-refractivity contribution in [1.29, 1.82) is 0 Å². The van der Waals surface area contributed by atoms with Crippen LogP contribution in [0.15, 0.2) is 22.9 Å². The molecule has 0 radical (unpaired) electrons. The molecule has 0 saturated heterocycles. The summed E-state index contributed by atoms with van der Waals surface area (Å²) in [7, 11) is 0. The fourth-order valence-corrected chi connectivity index (χ4v) is 1.80. The van der Waals surface area contributed by atoms with E-state index in [0.717, 1.165) is 15.9 Å². The molecule has 2 rings (SSSR count). The summed E-state index contributed by atoms with van der Waals surface area (Å²) in [6.07, 6.45) is 2.73. The van der Waals surface area contributed by atoms with Crippen LogP contribution >= 0.6 is 15.9 Å². The SMILES string of the molecule is Cc1nn(-c2ccncc2[N+](=O)[O-])c(C)c1Br. The van der Waals surface area contributed by atoms with Gasteiger partial charge in [-0.1, -0.05) is 0 Å². The molecule has 0 atom stereocenters. The molecule has 0 saturated carbocycles. The van der Waals surface area contributed by atoms with E-state index in [1.165, 1.54) is 12.4 Å². The Kier molecular flexibility index (Phi) is 2.93. The van der Waals surface area contributed by atoms with Crippen molar-refractivity contribution in [3.8, 4) is 5.69 Å². The molecule has 17 heavy (non-hydrogen) atoms. The number of hydrogen-bond donors (Lipinski definition) is 0. The van der Waals surface area contributed by atoms with Crippen LogP contribution in [0.1, 0.15) is 11.4 Å². The Hall–Kier alpha value is -1.76. The number of nitro groups is 1. The quantitative estimate of drug-likeness (QED) is 0.630. The lowest BCUT2D eigenvalue weighted by Crippen LogP contribution is -2.03. The van der Waals surface area contributed by atoms with Crippen LogP contribution in [0.25, 0.3) is 5.69 Å². The average Bonchev–Trinajstić information content (AvgIpc) is 2.57. The summed E-state index contributed by atoms with van der Waals surface area (Å²) in [4.78, 5) is 14.2. The monoisotopic (exact) mass is 296 g/mol. The normalized spacial score (nSPS) is 10.5. The summed E-state index contributed by atoms with van der Waals surface area (Å²) in [5.74, 6) is 0. The van der Waals surface area contributed by atoms with Crippen molar-refractivity contribution in [3.63, 3.8) is 0 Å². The van der Waals surface area contributed by atoms with Crippen LogP contribution in [0.3, 0.4) is 0 Å². The fourth-order valence-electron chi connectivity index (χ4n) is 1.56. The molecule has 2 aromatic heterocycles. The highest BCUT2D eigenvalue weighted by Crippen LogP contribution is 2.27. The Morgan fingerprint density at radius 2 is 2.18 bits per heavy atom. The Labute approximate surface area is 106 Å². The first-order valence-corrected chi connectivity index (χ1v) is 5.62. The van der Waals surface area contributed by atoms with Crippen LogP contribution in [0, 0.1) is 24.0 Å². The highest BCUT2D eigenvalue weighted by atomic mass is 79.9. The zero-order valence-corrected chi connectivity index (χ0v) is 10.8. The van der Waals surface area contributed by atoms with Crippen molar-refractivity contribution in [1.82, 2.24) is 14.8 Å². The molecule has 0 aliphatic rings. The molecule has 0 amide bonds. The summed E-state index contributed by atoms with van der Waals surface area (Å²) in [5, 5.41) is 15.2. The smallest absolute Gasteiger partial charge is 0.258 e. The molecule has 0 aliphatic heterocycles. The fraction of sp³-hybridized carbons (Fsp3) is 0.200. The van der Waals surface area contributed by atoms with Gasteiger partial charge in [0.2, 0.25) is 0 Å². The number of nitrogens with zero attached hydrogens (tertiary/aromatic N) is 4. The molecule has 2 heterocycles. The van der Waals surface area contributed by atoms with Crippen LogP contribution < -0.4 is 0 Å². The van der Waals surface area contributed by atoms with Crippen molar-refractivity contribution in [2.75, 3.05) is 0 Å². The number of aryl methyl sites for hydroxylation is 1. The number of hydrogen-bond acceptors (Lipinski definition) is 4. The molecule has 6 nitrogen and oxygen atoms in total. The van der Waals surface area contributed by atoms with E-state index in [1.807, 2.05) is 13.8 Å². The molecule has 0 fully saturated rings. The minimum absolute atomic E-state index is 0.0643. The third-order valence-electron chi connectivity index (χ3n) is 2.41. The number of aromatic nitrogens is 3. The highest BCUT2D eigenvalue weighted by molar-refractivity contribution is 9.10. The second-order valence-corrected chi connectivity index (χ2v) is 4.31. The molecule has 0 N–H and O–H groups in total. The maximum absolute atomic E-state index is 10.9. The lowest BCUT2D eigenvalue weighted by molar-refractivity contribution is -0.385. The van der Waals surface area contributed by atoms with Gasteiger partial charge in [0.05, 0.1) is 20.8 Å². The maximum Gasteiger partial charge on any atom is 0.312 e. The van der Waals surface area contributed by atoms with Gasteiger partial charge in [-0.2, -0.15) is 5.10 Å². The van der Waals surface area contributed by atoms with E-state index < -0.39 is 4.92 Å². The van der Waals surface area contributed by atoms with Gasteiger partial charge in [0.15, 0.2) is 0 Å². The zero-order chi connectivity index (χ0) is 12.6. The second-order valence-electron chi connectivity index (χ2n) is 3.52. The third-order valence-corrected chi connectivity index (χ3v) is 3.55. The summed E-state index contributed by atoms with van der Waals surface area (Å²) in [6, 6.07) is 1.57.